The monoisotopic (exact) mass is 393 g/mol. The van der Waals surface area contributed by atoms with Crippen LogP contribution in [0.4, 0.5) is 0 Å². The first-order valence-electron chi connectivity index (χ1n) is 9.67. The molecule has 0 saturated heterocycles. The fourth-order valence-electron chi connectivity index (χ4n) is 3.58. The number of carbonyl (C=O) groups excluding carboxylic acids is 1. The highest BCUT2D eigenvalue weighted by molar-refractivity contribution is 5.84. The van der Waals surface area contributed by atoms with Crippen molar-refractivity contribution in [3.63, 3.8) is 0 Å². The van der Waals surface area contributed by atoms with Crippen LogP contribution in [0.2, 0.25) is 0 Å². The van der Waals surface area contributed by atoms with Gasteiger partial charge in [-0.2, -0.15) is 4.98 Å². The fraction of sp³-hybridized carbons (Fsp3) is 0.333. The number of aromatic amines is 1. The molecule has 0 spiro atoms. The van der Waals surface area contributed by atoms with Crippen LogP contribution in [0.15, 0.2) is 33.7 Å². The lowest BCUT2D eigenvalue weighted by Gasteiger charge is -2.11. The maximum atomic E-state index is 12.8. The summed E-state index contributed by atoms with van der Waals surface area (Å²) in [6.45, 7) is 6.03. The molecule has 0 bridgehead atoms. The molecule has 0 fully saturated rings. The molecule has 150 valence electrons. The number of hydrogen-bond donors (Lipinski definition) is 2. The predicted molar refractivity (Wildman–Crippen MR) is 110 cm³/mol. The molecule has 3 heterocycles. The molecule has 4 rings (SSSR count). The molecule has 2 N–H and O–H groups in total. The molecule has 0 radical (unpaired) electrons. The summed E-state index contributed by atoms with van der Waals surface area (Å²) in [5, 5.41) is 8.20. The van der Waals surface area contributed by atoms with Crippen LogP contribution in [-0.4, -0.2) is 32.1 Å². The van der Waals surface area contributed by atoms with Gasteiger partial charge in [-0.05, 0) is 38.0 Å². The Kier molecular flexibility index (Phi) is 4.92. The Labute approximate surface area is 166 Å². The molecule has 3 aromatic heterocycles. The third-order valence-electron chi connectivity index (χ3n) is 5.10. The summed E-state index contributed by atoms with van der Waals surface area (Å²) in [4.78, 5) is 32.9. The van der Waals surface area contributed by atoms with Crippen LogP contribution in [-0.2, 0) is 24.2 Å². The van der Waals surface area contributed by atoms with Crippen LogP contribution in [0.5, 0.6) is 0 Å². The maximum Gasteiger partial charge on any atom is 0.267 e. The summed E-state index contributed by atoms with van der Waals surface area (Å²) in [7, 11) is 0. The zero-order valence-corrected chi connectivity index (χ0v) is 16.7. The number of amides is 1. The van der Waals surface area contributed by atoms with E-state index in [0.29, 0.717) is 36.3 Å². The van der Waals surface area contributed by atoms with Crippen LogP contribution in [0.25, 0.3) is 22.0 Å². The highest BCUT2D eigenvalue weighted by Gasteiger charge is 2.17. The predicted octanol–water partition coefficient (Wildman–Crippen LogP) is 2.40. The summed E-state index contributed by atoms with van der Waals surface area (Å²) in [6, 6.07) is 6.26. The van der Waals surface area contributed by atoms with Gasteiger partial charge in [-0.3, -0.25) is 14.2 Å². The van der Waals surface area contributed by atoms with Gasteiger partial charge in [0.25, 0.3) is 11.3 Å². The van der Waals surface area contributed by atoms with Gasteiger partial charge in [0.05, 0.1) is 5.69 Å². The molecule has 29 heavy (non-hydrogen) atoms. The van der Waals surface area contributed by atoms with E-state index < -0.39 is 0 Å². The van der Waals surface area contributed by atoms with Crippen LogP contribution in [0.1, 0.15) is 29.6 Å². The van der Waals surface area contributed by atoms with Crippen LogP contribution in [0, 0.1) is 13.8 Å². The van der Waals surface area contributed by atoms with E-state index >= 15 is 0 Å². The van der Waals surface area contributed by atoms with E-state index in [-0.39, 0.29) is 23.7 Å². The molecule has 0 aliphatic carbocycles. The Hall–Kier alpha value is -3.42. The highest BCUT2D eigenvalue weighted by atomic mass is 16.5. The standard InChI is InChI=1S/C21H23N5O3/c1-4-17-24-20-19(13(3)25-29-20)21(28)26(17)11-18(27)22-8-7-14-10-23-16-6-5-12(2)9-15(14)16/h5-6,9-10,23H,4,7-8,11H2,1-3H3,(H,22,27). The number of nitrogens with zero attached hydrogens (tertiary/aromatic N) is 3. The first-order chi connectivity index (χ1) is 14.0. The number of carbonyl (C=O) groups is 1. The number of rotatable bonds is 6. The van der Waals surface area contributed by atoms with E-state index in [1.54, 1.807) is 6.92 Å². The Morgan fingerprint density at radius 1 is 1.31 bits per heavy atom. The van der Waals surface area contributed by atoms with Crippen molar-refractivity contribution in [2.24, 2.45) is 0 Å². The number of hydrogen-bond acceptors (Lipinski definition) is 5. The van der Waals surface area contributed by atoms with E-state index in [0.717, 1.165) is 11.1 Å². The molecule has 0 unspecified atom stereocenters. The molecule has 8 heteroatoms. The largest absolute Gasteiger partial charge is 0.361 e. The van der Waals surface area contributed by atoms with Crippen molar-refractivity contribution < 1.29 is 9.32 Å². The lowest BCUT2D eigenvalue weighted by Crippen LogP contribution is -2.35. The second kappa shape index (κ2) is 7.54. The minimum atomic E-state index is -0.298. The van der Waals surface area contributed by atoms with Crippen molar-refractivity contribution in [2.75, 3.05) is 6.54 Å². The molecule has 8 nitrogen and oxygen atoms in total. The third-order valence-corrected chi connectivity index (χ3v) is 5.10. The molecule has 0 saturated carbocycles. The number of aromatic nitrogens is 4. The number of aryl methyl sites for hydroxylation is 3. The van der Waals surface area contributed by atoms with Gasteiger partial charge >= 0.3 is 0 Å². The molecule has 0 aliphatic rings. The molecule has 0 atom stereocenters. The molecule has 1 amide bonds. The smallest absolute Gasteiger partial charge is 0.267 e. The first-order valence-corrected chi connectivity index (χ1v) is 9.67. The van der Waals surface area contributed by atoms with E-state index in [9.17, 15) is 9.59 Å². The first kappa shape index (κ1) is 18.9. The van der Waals surface area contributed by atoms with Gasteiger partial charge in [0.1, 0.15) is 17.8 Å². The Morgan fingerprint density at radius 3 is 2.93 bits per heavy atom. The second-order valence-electron chi connectivity index (χ2n) is 7.18. The molecular weight excluding hydrogens is 370 g/mol. The van der Waals surface area contributed by atoms with Crippen molar-refractivity contribution in [2.45, 2.75) is 40.2 Å². The van der Waals surface area contributed by atoms with Crippen molar-refractivity contribution >= 4 is 27.9 Å². The van der Waals surface area contributed by atoms with E-state index in [2.05, 4.69) is 45.6 Å². The summed E-state index contributed by atoms with van der Waals surface area (Å²) >= 11 is 0. The maximum absolute atomic E-state index is 12.8. The topological polar surface area (TPSA) is 106 Å². The highest BCUT2D eigenvalue weighted by Crippen LogP contribution is 2.19. The third kappa shape index (κ3) is 3.53. The van der Waals surface area contributed by atoms with Gasteiger partial charge in [0.2, 0.25) is 5.91 Å². The van der Waals surface area contributed by atoms with Gasteiger partial charge in [0.15, 0.2) is 0 Å². The van der Waals surface area contributed by atoms with Crippen molar-refractivity contribution in [3.8, 4) is 0 Å². The van der Waals surface area contributed by atoms with E-state index in [1.165, 1.54) is 15.5 Å². The summed E-state index contributed by atoms with van der Waals surface area (Å²) in [6.07, 6.45) is 3.18. The van der Waals surface area contributed by atoms with Gasteiger partial charge in [0, 0.05) is 30.1 Å². The van der Waals surface area contributed by atoms with E-state index in [4.69, 9.17) is 4.52 Å². The Balaban J connectivity index is 1.47. The second-order valence-corrected chi connectivity index (χ2v) is 7.18. The lowest BCUT2D eigenvalue weighted by molar-refractivity contribution is -0.121. The van der Waals surface area contributed by atoms with Crippen LogP contribution < -0.4 is 10.9 Å². The minimum absolute atomic E-state index is 0.0808. The van der Waals surface area contributed by atoms with Gasteiger partial charge in [-0.1, -0.05) is 23.7 Å². The fourth-order valence-corrected chi connectivity index (χ4v) is 3.58. The normalized spacial score (nSPS) is 11.4. The van der Waals surface area contributed by atoms with Crippen LogP contribution in [0.3, 0.4) is 0 Å². The minimum Gasteiger partial charge on any atom is -0.361 e. The lowest BCUT2D eigenvalue weighted by atomic mass is 10.1. The molecule has 4 aromatic rings. The summed E-state index contributed by atoms with van der Waals surface area (Å²) < 4.78 is 6.50. The number of H-pyrrole nitrogens is 1. The van der Waals surface area contributed by atoms with E-state index in [1.807, 2.05) is 13.1 Å². The molecule has 0 aliphatic heterocycles. The average molecular weight is 393 g/mol. The van der Waals surface area contributed by atoms with Crippen molar-refractivity contribution in [1.29, 1.82) is 0 Å². The van der Waals surface area contributed by atoms with Crippen LogP contribution >= 0.6 is 0 Å². The van der Waals surface area contributed by atoms with Gasteiger partial charge in [-0.15, -0.1) is 0 Å². The van der Waals surface area contributed by atoms with Crippen molar-refractivity contribution in [3.05, 3.63) is 57.4 Å². The SMILES string of the molecule is CCc1nc2onc(C)c2c(=O)n1CC(=O)NCCc1c[nH]c2ccc(C)cc12. The molecular formula is C21H23N5O3. The summed E-state index contributed by atoms with van der Waals surface area (Å²) in [5.41, 5.74) is 3.83. The van der Waals surface area contributed by atoms with Gasteiger partial charge in [-0.25, -0.2) is 0 Å². The Bertz CT molecular complexity index is 1260. The molecule has 1 aromatic carbocycles. The average Bonchev–Trinajstić information content (AvgIpc) is 3.27. The van der Waals surface area contributed by atoms with Crippen molar-refractivity contribution in [1.82, 2.24) is 25.0 Å². The zero-order valence-electron chi connectivity index (χ0n) is 16.7. The zero-order chi connectivity index (χ0) is 20.5. The van der Waals surface area contributed by atoms with Gasteiger partial charge < -0.3 is 14.8 Å². The number of benzene rings is 1. The summed E-state index contributed by atoms with van der Waals surface area (Å²) in [5.74, 6) is 0.272. The number of fused-ring (bicyclic) bond motifs is 2. The Morgan fingerprint density at radius 2 is 2.14 bits per heavy atom. The quantitative estimate of drug-likeness (QED) is 0.523. The number of nitrogens with one attached hydrogen (secondary N) is 2.